The summed E-state index contributed by atoms with van der Waals surface area (Å²) in [4.78, 5) is 29.6. The summed E-state index contributed by atoms with van der Waals surface area (Å²) in [6.45, 7) is 2.36. The Labute approximate surface area is 112 Å². The number of carbonyl (C=O) groups is 2. The lowest BCUT2D eigenvalue weighted by atomic mass is 10.2. The first-order valence-corrected chi connectivity index (χ1v) is 6.16. The normalized spacial score (nSPS) is 10.0. The summed E-state index contributed by atoms with van der Waals surface area (Å²) in [6, 6.07) is 5.35. The predicted molar refractivity (Wildman–Crippen MR) is 70.8 cm³/mol. The number of urea groups is 1. The smallest absolute Gasteiger partial charge is 0.323 e. The maximum Gasteiger partial charge on any atom is 0.323 e. The van der Waals surface area contributed by atoms with E-state index in [4.69, 9.17) is 5.11 Å². The van der Waals surface area contributed by atoms with Crippen LogP contribution in [-0.4, -0.2) is 58.6 Å². The lowest BCUT2D eigenvalue weighted by molar-refractivity contribution is -0.137. The molecule has 104 valence electrons. The summed E-state index contributed by atoms with van der Waals surface area (Å²) in [6.07, 6.45) is 2.35. The summed E-state index contributed by atoms with van der Waals surface area (Å²) < 4.78 is 0. The molecule has 1 rings (SSSR count). The second kappa shape index (κ2) is 7.35. The van der Waals surface area contributed by atoms with Crippen LogP contribution >= 0.6 is 0 Å². The van der Waals surface area contributed by atoms with E-state index in [0.717, 1.165) is 5.69 Å². The van der Waals surface area contributed by atoms with Crippen LogP contribution in [0.25, 0.3) is 0 Å². The van der Waals surface area contributed by atoms with Crippen LogP contribution in [0.15, 0.2) is 24.4 Å². The highest BCUT2D eigenvalue weighted by atomic mass is 16.4. The van der Waals surface area contributed by atoms with E-state index in [0.29, 0.717) is 19.5 Å². The fourth-order valence-corrected chi connectivity index (χ4v) is 1.64. The SMILES string of the molecule is CCN(CC(=O)O)C(=O)N(C)CCc1ccccn1. The van der Waals surface area contributed by atoms with Crippen molar-refractivity contribution in [3.63, 3.8) is 0 Å². The summed E-state index contributed by atoms with van der Waals surface area (Å²) in [5.74, 6) is -1.01. The molecule has 6 nitrogen and oxygen atoms in total. The van der Waals surface area contributed by atoms with Gasteiger partial charge >= 0.3 is 12.0 Å². The molecule has 6 heteroatoms. The molecule has 1 N–H and O–H groups in total. The Kier molecular flexibility index (Phi) is 5.78. The van der Waals surface area contributed by atoms with E-state index >= 15 is 0 Å². The molecular weight excluding hydrogens is 246 g/mol. The van der Waals surface area contributed by atoms with Gasteiger partial charge in [-0.2, -0.15) is 0 Å². The van der Waals surface area contributed by atoms with E-state index in [1.54, 1.807) is 20.2 Å². The molecule has 1 aromatic rings. The number of aromatic nitrogens is 1. The van der Waals surface area contributed by atoms with Crippen molar-refractivity contribution in [3.05, 3.63) is 30.1 Å². The molecule has 0 saturated carbocycles. The van der Waals surface area contributed by atoms with Crippen molar-refractivity contribution >= 4 is 12.0 Å². The van der Waals surface area contributed by atoms with E-state index in [1.807, 2.05) is 18.2 Å². The van der Waals surface area contributed by atoms with E-state index in [9.17, 15) is 9.59 Å². The van der Waals surface area contributed by atoms with Crippen molar-refractivity contribution in [3.8, 4) is 0 Å². The van der Waals surface area contributed by atoms with Crippen molar-refractivity contribution < 1.29 is 14.7 Å². The van der Waals surface area contributed by atoms with Gasteiger partial charge in [-0.25, -0.2) is 4.79 Å². The highest BCUT2D eigenvalue weighted by Crippen LogP contribution is 2.00. The van der Waals surface area contributed by atoms with Crippen LogP contribution < -0.4 is 0 Å². The third-order valence-corrected chi connectivity index (χ3v) is 2.73. The van der Waals surface area contributed by atoms with Gasteiger partial charge in [-0.3, -0.25) is 9.78 Å². The zero-order valence-electron chi connectivity index (χ0n) is 11.2. The number of aliphatic carboxylic acids is 1. The van der Waals surface area contributed by atoms with Gasteiger partial charge in [0.25, 0.3) is 0 Å². The summed E-state index contributed by atoms with van der Waals surface area (Å²) >= 11 is 0. The van der Waals surface area contributed by atoms with Crippen LogP contribution in [0.4, 0.5) is 4.79 Å². The maximum atomic E-state index is 12.0. The molecule has 0 aliphatic rings. The number of nitrogens with zero attached hydrogens (tertiary/aromatic N) is 3. The first-order valence-electron chi connectivity index (χ1n) is 6.16. The number of carboxylic acids is 1. The van der Waals surface area contributed by atoms with Crippen LogP contribution in [0.1, 0.15) is 12.6 Å². The van der Waals surface area contributed by atoms with Crippen LogP contribution in [-0.2, 0) is 11.2 Å². The van der Waals surface area contributed by atoms with E-state index in [-0.39, 0.29) is 12.6 Å². The Morgan fingerprint density at radius 3 is 2.63 bits per heavy atom. The van der Waals surface area contributed by atoms with Crippen LogP contribution in [0.5, 0.6) is 0 Å². The molecule has 0 fully saturated rings. The third kappa shape index (κ3) is 4.95. The fourth-order valence-electron chi connectivity index (χ4n) is 1.64. The average Bonchev–Trinajstić information content (AvgIpc) is 2.42. The average molecular weight is 265 g/mol. The summed E-state index contributed by atoms with van der Waals surface area (Å²) in [7, 11) is 1.66. The Balaban J connectivity index is 2.49. The molecule has 1 aromatic heterocycles. The Morgan fingerprint density at radius 1 is 1.37 bits per heavy atom. The minimum atomic E-state index is -1.01. The molecule has 1 heterocycles. The molecule has 0 aliphatic carbocycles. The van der Waals surface area contributed by atoms with Gasteiger partial charge in [0.15, 0.2) is 0 Å². The van der Waals surface area contributed by atoms with Gasteiger partial charge in [-0.1, -0.05) is 6.07 Å². The topological polar surface area (TPSA) is 73.7 Å². The van der Waals surface area contributed by atoms with E-state index in [1.165, 1.54) is 9.80 Å². The van der Waals surface area contributed by atoms with Crippen molar-refractivity contribution in [2.75, 3.05) is 26.7 Å². The number of carboxylic acid groups (broad SMARTS) is 1. The first-order chi connectivity index (χ1) is 9.04. The summed E-state index contributed by atoms with van der Waals surface area (Å²) in [5.41, 5.74) is 0.906. The monoisotopic (exact) mass is 265 g/mol. The van der Waals surface area contributed by atoms with Crippen molar-refractivity contribution in [1.29, 1.82) is 0 Å². The number of pyridine rings is 1. The lowest BCUT2D eigenvalue weighted by Gasteiger charge is -2.25. The molecule has 0 unspecified atom stereocenters. The van der Waals surface area contributed by atoms with Crippen molar-refractivity contribution in [1.82, 2.24) is 14.8 Å². The molecule has 0 atom stereocenters. The predicted octanol–water partition coefficient (Wildman–Crippen LogP) is 1.08. The largest absolute Gasteiger partial charge is 0.480 e. The zero-order valence-corrected chi connectivity index (χ0v) is 11.2. The zero-order chi connectivity index (χ0) is 14.3. The molecule has 0 aromatic carbocycles. The molecule has 0 spiro atoms. The molecule has 0 saturated heterocycles. The third-order valence-electron chi connectivity index (χ3n) is 2.73. The Hall–Kier alpha value is -2.11. The molecule has 0 radical (unpaired) electrons. The number of rotatable bonds is 6. The number of likely N-dealkylation sites (N-methyl/N-ethyl adjacent to an activating group) is 2. The molecule has 0 bridgehead atoms. The standard InChI is InChI=1S/C13H19N3O3/c1-3-16(10-12(17)18)13(19)15(2)9-7-11-6-4-5-8-14-11/h4-6,8H,3,7,9-10H2,1-2H3,(H,17,18). The Morgan fingerprint density at radius 2 is 2.11 bits per heavy atom. The lowest BCUT2D eigenvalue weighted by Crippen LogP contribution is -2.44. The quantitative estimate of drug-likeness (QED) is 0.835. The fraction of sp³-hybridized carbons (Fsp3) is 0.462. The van der Waals surface area contributed by atoms with E-state index < -0.39 is 5.97 Å². The van der Waals surface area contributed by atoms with Gasteiger partial charge in [-0.05, 0) is 19.1 Å². The van der Waals surface area contributed by atoms with Crippen LogP contribution in [0.2, 0.25) is 0 Å². The molecule has 19 heavy (non-hydrogen) atoms. The van der Waals surface area contributed by atoms with Gasteiger partial charge < -0.3 is 14.9 Å². The molecule has 0 aliphatic heterocycles. The highest BCUT2D eigenvalue weighted by Gasteiger charge is 2.18. The van der Waals surface area contributed by atoms with Crippen molar-refractivity contribution in [2.24, 2.45) is 0 Å². The van der Waals surface area contributed by atoms with Gasteiger partial charge in [0, 0.05) is 38.4 Å². The number of hydrogen-bond donors (Lipinski definition) is 1. The highest BCUT2D eigenvalue weighted by molar-refractivity contribution is 5.80. The van der Waals surface area contributed by atoms with E-state index in [2.05, 4.69) is 4.98 Å². The molecule has 2 amide bonds. The van der Waals surface area contributed by atoms with Crippen LogP contribution in [0.3, 0.4) is 0 Å². The van der Waals surface area contributed by atoms with Gasteiger partial charge in [0.2, 0.25) is 0 Å². The van der Waals surface area contributed by atoms with Gasteiger partial charge in [0.1, 0.15) is 6.54 Å². The number of carbonyl (C=O) groups excluding carboxylic acids is 1. The minimum Gasteiger partial charge on any atom is -0.480 e. The maximum absolute atomic E-state index is 12.0. The summed E-state index contributed by atoms with van der Waals surface area (Å²) in [5, 5.41) is 8.73. The van der Waals surface area contributed by atoms with Crippen molar-refractivity contribution in [2.45, 2.75) is 13.3 Å². The van der Waals surface area contributed by atoms with Crippen LogP contribution in [0, 0.1) is 0 Å². The minimum absolute atomic E-state index is 0.275. The number of hydrogen-bond acceptors (Lipinski definition) is 3. The first kappa shape index (κ1) is 14.9. The second-order valence-corrected chi connectivity index (χ2v) is 4.18. The van der Waals surface area contributed by atoms with Gasteiger partial charge in [0.05, 0.1) is 0 Å². The molecular formula is C13H19N3O3. The Bertz CT molecular complexity index is 422. The van der Waals surface area contributed by atoms with Gasteiger partial charge in [-0.15, -0.1) is 0 Å². The number of amides is 2. The second-order valence-electron chi connectivity index (χ2n) is 4.18.